The molecule has 0 N–H and O–H groups in total. The maximum Gasteiger partial charge on any atom is 0.122 e. The van der Waals surface area contributed by atoms with Crippen LogP contribution in [0.3, 0.4) is 0 Å². The maximum absolute atomic E-state index is 5.58. The van der Waals surface area contributed by atoms with Crippen molar-refractivity contribution in [3.05, 3.63) is 66.6 Å². The lowest BCUT2D eigenvalue weighted by atomic mass is 9.98. The van der Waals surface area contributed by atoms with Gasteiger partial charge in [-0.3, -0.25) is 9.97 Å². The van der Waals surface area contributed by atoms with Crippen LogP contribution in [-0.4, -0.2) is 16.6 Å². The van der Waals surface area contributed by atoms with Crippen molar-refractivity contribution in [1.82, 2.24) is 9.97 Å². The maximum atomic E-state index is 5.58. The average Bonchev–Trinajstić information content (AvgIpc) is 3.03. The Balaban J connectivity index is 1.86. The largest absolute Gasteiger partial charge is 0.493 e. The van der Waals surface area contributed by atoms with Gasteiger partial charge in [-0.15, -0.1) is 0 Å². The molecule has 102 valence electrons. The predicted octanol–water partition coefficient (Wildman–Crippen LogP) is 3.75. The zero-order chi connectivity index (χ0) is 14.1. The summed E-state index contributed by atoms with van der Waals surface area (Å²) >= 11 is 0. The number of rotatable bonds is 2. The topological polar surface area (TPSA) is 35.0 Å². The molecule has 3 aromatic rings. The lowest BCUT2D eigenvalue weighted by Gasteiger charge is -2.09. The zero-order valence-corrected chi connectivity index (χ0v) is 11.5. The van der Waals surface area contributed by atoms with E-state index in [1.54, 1.807) is 0 Å². The second-order valence-corrected chi connectivity index (χ2v) is 5.06. The van der Waals surface area contributed by atoms with Gasteiger partial charge < -0.3 is 4.74 Å². The second kappa shape index (κ2) is 5.02. The number of aromatic nitrogens is 2. The number of ether oxygens (including phenoxy) is 1. The van der Waals surface area contributed by atoms with E-state index in [2.05, 4.69) is 28.2 Å². The van der Waals surface area contributed by atoms with Gasteiger partial charge in [0, 0.05) is 36.1 Å². The molecule has 1 aliphatic rings. The molecule has 0 aliphatic carbocycles. The highest BCUT2D eigenvalue weighted by molar-refractivity contribution is 5.81. The standard InChI is InChI=1S/C18H14N2O/c1-2-16(13-5-9-19-10-6-13)18(20-8-1)15-3-4-17-14(12-15)7-11-21-17/h1-6,8-10,12H,7,11H2. The van der Waals surface area contributed by atoms with Crippen molar-refractivity contribution in [1.29, 1.82) is 0 Å². The van der Waals surface area contributed by atoms with Crippen molar-refractivity contribution in [2.45, 2.75) is 6.42 Å². The molecule has 0 unspecified atom stereocenters. The monoisotopic (exact) mass is 274 g/mol. The summed E-state index contributed by atoms with van der Waals surface area (Å²) in [6.45, 7) is 0.776. The van der Waals surface area contributed by atoms with Crippen LogP contribution in [0.15, 0.2) is 61.1 Å². The molecule has 0 fully saturated rings. The molecule has 4 rings (SSSR count). The predicted molar refractivity (Wildman–Crippen MR) is 82.1 cm³/mol. The first kappa shape index (κ1) is 12.1. The molecule has 0 amide bonds. The minimum atomic E-state index is 0.776. The van der Waals surface area contributed by atoms with Gasteiger partial charge in [0.25, 0.3) is 0 Å². The Morgan fingerprint density at radius 1 is 0.905 bits per heavy atom. The van der Waals surface area contributed by atoms with Gasteiger partial charge in [0.05, 0.1) is 12.3 Å². The Hall–Kier alpha value is -2.68. The molecule has 0 bridgehead atoms. The molecular formula is C18H14N2O. The summed E-state index contributed by atoms with van der Waals surface area (Å²) < 4.78 is 5.58. The van der Waals surface area contributed by atoms with Crippen LogP contribution >= 0.6 is 0 Å². The van der Waals surface area contributed by atoms with Gasteiger partial charge in [0.15, 0.2) is 0 Å². The van der Waals surface area contributed by atoms with Crippen LogP contribution in [0.5, 0.6) is 5.75 Å². The van der Waals surface area contributed by atoms with E-state index < -0.39 is 0 Å². The Morgan fingerprint density at radius 2 is 1.81 bits per heavy atom. The Bertz CT molecular complexity index is 784. The number of nitrogens with zero attached hydrogens (tertiary/aromatic N) is 2. The van der Waals surface area contributed by atoms with E-state index in [0.29, 0.717) is 0 Å². The number of benzene rings is 1. The molecule has 0 atom stereocenters. The van der Waals surface area contributed by atoms with Crippen LogP contribution in [0.2, 0.25) is 0 Å². The van der Waals surface area contributed by atoms with E-state index in [1.807, 2.05) is 42.9 Å². The van der Waals surface area contributed by atoms with Gasteiger partial charge in [-0.25, -0.2) is 0 Å². The van der Waals surface area contributed by atoms with Crippen molar-refractivity contribution in [3.63, 3.8) is 0 Å². The SMILES string of the molecule is c1cnc(-c2ccc3c(c2)CCO3)c(-c2ccncc2)c1. The Morgan fingerprint density at radius 3 is 2.71 bits per heavy atom. The Kier molecular flexibility index (Phi) is 2.89. The van der Waals surface area contributed by atoms with Crippen molar-refractivity contribution < 1.29 is 4.74 Å². The fourth-order valence-electron chi connectivity index (χ4n) is 2.73. The zero-order valence-electron chi connectivity index (χ0n) is 11.5. The van der Waals surface area contributed by atoms with Gasteiger partial charge in [-0.2, -0.15) is 0 Å². The molecular weight excluding hydrogens is 260 g/mol. The summed E-state index contributed by atoms with van der Waals surface area (Å²) in [6, 6.07) is 14.4. The third-order valence-electron chi connectivity index (χ3n) is 3.76. The van der Waals surface area contributed by atoms with Gasteiger partial charge in [-0.05, 0) is 47.5 Å². The Labute approximate surface area is 123 Å². The number of hydrogen-bond donors (Lipinski definition) is 0. The van der Waals surface area contributed by atoms with Crippen molar-refractivity contribution in [3.8, 4) is 28.1 Å². The van der Waals surface area contributed by atoms with Gasteiger partial charge in [0.1, 0.15) is 5.75 Å². The molecule has 21 heavy (non-hydrogen) atoms. The summed E-state index contributed by atoms with van der Waals surface area (Å²) in [7, 11) is 0. The third-order valence-corrected chi connectivity index (χ3v) is 3.76. The molecule has 3 heteroatoms. The normalized spacial score (nSPS) is 12.8. The average molecular weight is 274 g/mol. The lowest BCUT2D eigenvalue weighted by Crippen LogP contribution is -1.90. The summed E-state index contributed by atoms with van der Waals surface area (Å²) in [5, 5.41) is 0. The smallest absolute Gasteiger partial charge is 0.122 e. The highest BCUT2D eigenvalue weighted by atomic mass is 16.5. The van der Waals surface area contributed by atoms with Crippen LogP contribution in [0.4, 0.5) is 0 Å². The molecule has 1 aliphatic heterocycles. The molecule has 0 radical (unpaired) electrons. The quantitative estimate of drug-likeness (QED) is 0.714. The molecule has 1 aromatic carbocycles. The molecule has 2 aromatic heterocycles. The summed E-state index contributed by atoms with van der Waals surface area (Å²) in [4.78, 5) is 8.67. The van der Waals surface area contributed by atoms with Crippen molar-refractivity contribution in [2.75, 3.05) is 6.61 Å². The molecule has 3 heterocycles. The third kappa shape index (κ3) is 2.17. The van der Waals surface area contributed by atoms with Crippen molar-refractivity contribution in [2.24, 2.45) is 0 Å². The summed E-state index contributed by atoms with van der Waals surface area (Å²) in [5.41, 5.74) is 5.65. The van der Waals surface area contributed by atoms with Crippen LogP contribution in [0.1, 0.15) is 5.56 Å². The molecule has 0 spiro atoms. The summed E-state index contributed by atoms with van der Waals surface area (Å²) in [5.74, 6) is 1.00. The highest BCUT2D eigenvalue weighted by Gasteiger charge is 2.15. The van der Waals surface area contributed by atoms with Crippen LogP contribution in [-0.2, 0) is 6.42 Å². The number of pyridine rings is 2. The van der Waals surface area contributed by atoms with Gasteiger partial charge in [0.2, 0.25) is 0 Å². The molecule has 0 saturated carbocycles. The van der Waals surface area contributed by atoms with Gasteiger partial charge >= 0.3 is 0 Å². The fourth-order valence-corrected chi connectivity index (χ4v) is 2.73. The van der Waals surface area contributed by atoms with E-state index in [-0.39, 0.29) is 0 Å². The lowest BCUT2D eigenvalue weighted by molar-refractivity contribution is 0.357. The van der Waals surface area contributed by atoms with Crippen LogP contribution < -0.4 is 4.74 Å². The summed E-state index contributed by atoms with van der Waals surface area (Å²) in [6.07, 6.45) is 6.43. The van der Waals surface area contributed by atoms with Gasteiger partial charge in [-0.1, -0.05) is 6.07 Å². The van der Waals surface area contributed by atoms with Crippen molar-refractivity contribution >= 4 is 0 Å². The second-order valence-electron chi connectivity index (χ2n) is 5.06. The van der Waals surface area contributed by atoms with E-state index in [4.69, 9.17) is 4.74 Å². The first-order valence-corrected chi connectivity index (χ1v) is 7.03. The van der Waals surface area contributed by atoms with E-state index in [1.165, 1.54) is 5.56 Å². The number of hydrogen-bond acceptors (Lipinski definition) is 3. The van der Waals surface area contributed by atoms with E-state index in [9.17, 15) is 0 Å². The van der Waals surface area contributed by atoms with Crippen LogP contribution in [0, 0.1) is 0 Å². The molecule has 0 saturated heterocycles. The number of fused-ring (bicyclic) bond motifs is 1. The fraction of sp³-hybridized carbons (Fsp3) is 0.111. The minimum absolute atomic E-state index is 0.776. The first-order valence-electron chi connectivity index (χ1n) is 7.03. The highest BCUT2D eigenvalue weighted by Crippen LogP contribution is 2.34. The first-order chi connectivity index (χ1) is 10.4. The minimum Gasteiger partial charge on any atom is -0.493 e. The van der Waals surface area contributed by atoms with Crippen LogP contribution in [0.25, 0.3) is 22.4 Å². The van der Waals surface area contributed by atoms with E-state index >= 15 is 0 Å². The molecule has 3 nitrogen and oxygen atoms in total. The van der Waals surface area contributed by atoms with E-state index in [0.717, 1.165) is 41.2 Å².